The topological polar surface area (TPSA) is 65.2 Å². The van der Waals surface area contributed by atoms with E-state index in [1.54, 1.807) is 25.1 Å². The van der Waals surface area contributed by atoms with Gasteiger partial charge in [0, 0.05) is 5.02 Å². The summed E-state index contributed by atoms with van der Waals surface area (Å²) in [5, 5.41) is 1.45. The van der Waals surface area contributed by atoms with Gasteiger partial charge in [-0.25, -0.2) is 9.78 Å². The number of nitrogens with two attached hydrogens (primary N) is 1. The molecule has 0 bridgehead atoms. The molecule has 0 saturated heterocycles. The molecule has 6 heteroatoms. The fraction of sp³-hybridized carbons (Fsp3) is 0.167. The van der Waals surface area contributed by atoms with E-state index >= 15 is 0 Å². The maximum absolute atomic E-state index is 11.7. The van der Waals surface area contributed by atoms with Crippen molar-refractivity contribution in [3.63, 3.8) is 0 Å². The maximum Gasteiger partial charge on any atom is 0.359 e. The summed E-state index contributed by atoms with van der Waals surface area (Å²) in [6.07, 6.45) is 0. The second-order valence-corrected chi connectivity index (χ2v) is 4.32. The van der Waals surface area contributed by atoms with Crippen LogP contribution in [0.4, 0.5) is 5.69 Å². The molecule has 1 aromatic heterocycles. The quantitative estimate of drug-likeness (QED) is 0.645. The Bertz CT molecular complexity index is 631. The first-order valence-electron chi connectivity index (χ1n) is 5.57. The van der Waals surface area contributed by atoms with Crippen LogP contribution in [0.3, 0.4) is 0 Å². The zero-order chi connectivity index (χ0) is 13.3. The number of hydrogen-bond acceptors (Lipinski definition) is 4. The molecule has 0 spiro atoms. The van der Waals surface area contributed by atoms with E-state index in [9.17, 15) is 4.79 Å². The SMILES string of the molecule is Bc1c(N)c(C(=O)OCC)nc2ccc(Cl)cc12. The molecule has 2 aromatic rings. The lowest BCUT2D eigenvalue weighted by Gasteiger charge is -2.10. The van der Waals surface area contributed by atoms with Gasteiger partial charge in [-0.3, -0.25) is 0 Å². The summed E-state index contributed by atoms with van der Waals surface area (Å²) in [5.41, 5.74) is 7.87. The van der Waals surface area contributed by atoms with Gasteiger partial charge in [0.1, 0.15) is 7.85 Å². The summed E-state index contributed by atoms with van der Waals surface area (Å²) >= 11 is 5.93. The van der Waals surface area contributed by atoms with Gasteiger partial charge in [0.2, 0.25) is 0 Å². The Morgan fingerprint density at radius 3 is 2.94 bits per heavy atom. The first kappa shape index (κ1) is 12.7. The van der Waals surface area contributed by atoms with Crippen molar-refractivity contribution in [3.05, 3.63) is 28.9 Å². The van der Waals surface area contributed by atoms with Crippen molar-refractivity contribution in [3.8, 4) is 0 Å². The van der Waals surface area contributed by atoms with Gasteiger partial charge < -0.3 is 10.5 Å². The maximum atomic E-state index is 11.7. The zero-order valence-electron chi connectivity index (χ0n) is 10.2. The molecule has 0 aliphatic carbocycles. The molecular weight excluding hydrogens is 250 g/mol. The number of nitrogen functional groups attached to an aromatic ring is 1. The minimum atomic E-state index is -0.505. The highest BCUT2D eigenvalue weighted by Gasteiger charge is 2.16. The molecule has 0 fully saturated rings. The lowest BCUT2D eigenvalue weighted by Crippen LogP contribution is -2.20. The van der Waals surface area contributed by atoms with Crippen LogP contribution in [0.5, 0.6) is 0 Å². The summed E-state index contributed by atoms with van der Waals surface area (Å²) in [7, 11) is 1.83. The van der Waals surface area contributed by atoms with Gasteiger partial charge >= 0.3 is 5.97 Å². The molecule has 0 radical (unpaired) electrons. The van der Waals surface area contributed by atoms with E-state index in [1.165, 1.54) is 0 Å². The first-order chi connectivity index (χ1) is 8.54. The molecule has 0 amide bonds. The van der Waals surface area contributed by atoms with E-state index in [0.29, 0.717) is 16.2 Å². The molecule has 92 valence electrons. The van der Waals surface area contributed by atoms with Crippen LogP contribution in [0.2, 0.25) is 5.02 Å². The van der Waals surface area contributed by atoms with Crippen molar-refractivity contribution in [1.82, 2.24) is 4.98 Å². The Morgan fingerprint density at radius 2 is 2.28 bits per heavy atom. The lowest BCUT2D eigenvalue weighted by molar-refractivity contribution is 0.0521. The number of esters is 1. The summed E-state index contributed by atoms with van der Waals surface area (Å²) in [6.45, 7) is 2.03. The Morgan fingerprint density at radius 1 is 1.56 bits per heavy atom. The Labute approximate surface area is 110 Å². The zero-order valence-corrected chi connectivity index (χ0v) is 10.9. The van der Waals surface area contributed by atoms with Crippen molar-refractivity contribution in [2.45, 2.75) is 6.92 Å². The van der Waals surface area contributed by atoms with Crippen LogP contribution in [-0.2, 0) is 4.74 Å². The Hall–Kier alpha value is -1.75. The number of benzene rings is 1. The van der Waals surface area contributed by atoms with Crippen molar-refractivity contribution in [2.75, 3.05) is 12.3 Å². The summed E-state index contributed by atoms with van der Waals surface area (Å²) in [6, 6.07) is 5.26. The van der Waals surface area contributed by atoms with Crippen LogP contribution in [0.15, 0.2) is 18.2 Å². The average Bonchev–Trinajstić information content (AvgIpc) is 2.34. The highest BCUT2D eigenvalue weighted by molar-refractivity contribution is 6.43. The lowest BCUT2D eigenvalue weighted by atomic mass is 9.89. The molecule has 0 aliphatic rings. The molecule has 2 N–H and O–H groups in total. The molecule has 0 unspecified atom stereocenters. The van der Waals surface area contributed by atoms with Gasteiger partial charge in [-0.05, 0) is 30.5 Å². The van der Waals surface area contributed by atoms with E-state index in [4.69, 9.17) is 22.1 Å². The monoisotopic (exact) mass is 262 g/mol. The Balaban J connectivity index is 2.67. The second kappa shape index (κ2) is 4.86. The second-order valence-electron chi connectivity index (χ2n) is 3.88. The van der Waals surface area contributed by atoms with Gasteiger partial charge in [0.05, 0.1) is 17.8 Å². The number of pyridine rings is 1. The highest BCUT2D eigenvalue weighted by Crippen LogP contribution is 2.20. The highest BCUT2D eigenvalue weighted by atomic mass is 35.5. The minimum absolute atomic E-state index is 0.157. The van der Waals surface area contributed by atoms with Gasteiger partial charge in [0.15, 0.2) is 5.69 Å². The number of ether oxygens (including phenoxy) is 1. The first-order valence-corrected chi connectivity index (χ1v) is 5.94. The molecule has 0 atom stereocenters. The third kappa shape index (κ3) is 2.13. The van der Waals surface area contributed by atoms with Crippen molar-refractivity contribution in [1.29, 1.82) is 0 Å². The van der Waals surface area contributed by atoms with Crippen LogP contribution in [0, 0.1) is 0 Å². The van der Waals surface area contributed by atoms with E-state index in [0.717, 1.165) is 10.8 Å². The molecule has 1 aromatic carbocycles. The molecule has 0 saturated carbocycles. The molecule has 18 heavy (non-hydrogen) atoms. The minimum Gasteiger partial charge on any atom is -0.461 e. The largest absolute Gasteiger partial charge is 0.461 e. The van der Waals surface area contributed by atoms with Crippen molar-refractivity contribution < 1.29 is 9.53 Å². The van der Waals surface area contributed by atoms with Crippen LogP contribution < -0.4 is 11.2 Å². The van der Waals surface area contributed by atoms with Gasteiger partial charge in [0.25, 0.3) is 0 Å². The van der Waals surface area contributed by atoms with E-state index in [1.807, 2.05) is 7.85 Å². The number of carbonyl (C=O) groups is 1. The molecule has 2 rings (SSSR count). The fourth-order valence-electron chi connectivity index (χ4n) is 1.76. The number of aromatic nitrogens is 1. The number of fused-ring (bicyclic) bond motifs is 1. The normalized spacial score (nSPS) is 10.6. The number of rotatable bonds is 2. The van der Waals surface area contributed by atoms with Crippen LogP contribution >= 0.6 is 11.6 Å². The number of hydrogen-bond donors (Lipinski definition) is 1. The van der Waals surface area contributed by atoms with Crippen LogP contribution in [0.1, 0.15) is 17.4 Å². The van der Waals surface area contributed by atoms with Crippen LogP contribution in [0.25, 0.3) is 10.9 Å². The molecule has 0 aliphatic heterocycles. The standard InChI is InChI=1S/C12H12BClN2O2/c1-2-18-12(17)11-10(15)9(13)7-5-6(14)3-4-8(7)16-11/h3-5H,2,13,15H2,1H3. The van der Waals surface area contributed by atoms with Gasteiger partial charge in [-0.2, -0.15) is 0 Å². The fourth-order valence-corrected chi connectivity index (χ4v) is 1.94. The van der Waals surface area contributed by atoms with Crippen LogP contribution in [-0.4, -0.2) is 25.4 Å². The predicted octanol–water partition coefficient (Wildman–Crippen LogP) is 0.905. The molecule has 1 heterocycles. The van der Waals surface area contributed by atoms with E-state index in [-0.39, 0.29) is 12.3 Å². The van der Waals surface area contributed by atoms with E-state index in [2.05, 4.69) is 4.98 Å². The summed E-state index contributed by atoms with van der Waals surface area (Å²) in [5.74, 6) is -0.505. The Kier molecular flexibility index (Phi) is 3.43. The van der Waals surface area contributed by atoms with Crippen molar-refractivity contribution in [2.24, 2.45) is 0 Å². The molecular formula is C12H12BClN2O2. The number of halogens is 1. The van der Waals surface area contributed by atoms with Crippen molar-refractivity contribution >= 4 is 47.5 Å². The average molecular weight is 263 g/mol. The summed E-state index contributed by atoms with van der Waals surface area (Å²) < 4.78 is 4.93. The number of carbonyl (C=O) groups excluding carboxylic acids is 1. The predicted molar refractivity (Wildman–Crippen MR) is 75.3 cm³/mol. The third-order valence-corrected chi connectivity index (χ3v) is 2.96. The third-order valence-electron chi connectivity index (χ3n) is 2.72. The molecule has 4 nitrogen and oxygen atoms in total. The van der Waals surface area contributed by atoms with Gasteiger partial charge in [-0.15, -0.1) is 0 Å². The smallest absolute Gasteiger partial charge is 0.359 e. The van der Waals surface area contributed by atoms with E-state index < -0.39 is 5.97 Å². The van der Waals surface area contributed by atoms with Gasteiger partial charge in [-0.1, -0.05) is 17.1 Å². The number of nitrogens with zero attached hydrogens (tertiary/aromatic N) is 1. The number of anilines is 1. The summed E-state index contributed by atoms with van der Waals surface area (Å²) in [4.78, 5) is 16.0.